The molecule has 0 radical (unpaired) electrons. The van der Waals surface area contributed by atoms with Crippen LogP contribution in [-0.2, 0) is 0 Å². The first kappa shape index (κ1) is 9.48. The van der Waals surface area contributed by atoms with E-state index in [0.29, 0.717) is 0 Å². The number of hydrogen-bond donors (Lipinski definition) is 1. The van der Waals surface area contributed by atoms with Gasteiger partial charge >= 0.3 is 0 Å². The number of rotatable bonds is 1. The Bertz CT molecular complexity index is 809. The lowest BCUT2D eigenvalue weighted by molar-refractivity contribution is 0.456. The van der Waals surface area contributed by atoms with E-state index in [0.717, 1.165) is 27.7 Å². The smallest absolute Gasteiger partial charge is 0.167 e. The summed E-state index contributed by atoms with van der Waals surface area (Å²) < 4.78 is 5.19. The highest BCUT2D eigenvalue weighted by Crippen LogP contribution is 2.26. The lowest BCUT2D eigenvalue weighted by Crippen LogP contribution is -1.76. The molecule has 0 unspecified atom stereocenters. The third kappa shape index (κ3) is 1.34. The average Bonchev–Trinajstić information content (AvgIpc) is 3.04. The van der Waals surface area contributed by atoms with Gasteiger partial charge in [-0.15, -0.1) is 0 Å². The van der Waals surface area contributed by atoms with Crippen LogP contribution in [0.15, 0.2) is 59.3 Å². The SMILES string of the molecule is c1ccc2[nH]c(-c3ccc4cnoc4c3)cc2c1. The molecule has 0 spiro atoms. The molecule has 1 N–H and O–H groups in total. The number of aromatic amines is 1. The van der Waals surface area contributed by atoms with Crippen molar-refractivity contribution in [2.75, 3.05) is 0 Å². The molecule has 0 bridgehead atoms. The number of benzene rings is 2. The molecule has 2 aromatic heterocycles. The van der Waals surface area contributed by atoms with Crippen LogP contribution in [0, 0.1) is 0 Å². The van der Waals surface area contributed by atoms with E-state index in [1.165, 1.54) is 5.39 Å². The lowest BCUT2D eigenvalue weighted by atomic mass is 10.1. The molecule has 0 saturated heterocycles. The van der Waals surface area contributed by atoms with Crippen LogP contribution in [0.2, 0.25) is 0 Å². The highest BCUT2D eigenvalue weighted by atomic mass is 16.5. The van der Waals surface area contributed by atoms with Gasteiger partial charge in [0.25, 0.3) is 0 Å². The molecule has 0 atom stereocenters. The molecule has 3 nitrogen and oxygen atoms in total. The van der Waals surface area contributed by atoms with Gasteiger partial charge < -0.3 is 9.51 Å². The van der Waals surface area contributed by atoms with Crippen LogP contribution in [0.25, 0.3) is 33.1 Å². The minimum Gasteiger partial charge on any atom is -0.356 e. The quantitative estimate of drug-likeness (QED) is 0.541. The van der Waals surface area contributed by atoms with Gasteiger partial charge in [0, 0.05) is 27.5 Å². The van der Waals surface area contributed by atoms with Crippen molar-refractivity contribution < 1.29 is 4.52 Å². The number of fused-ring (bicyclic) bond motifs is 2. The van der Waals surface area contributed by atoms with Crippen molar-refractivity contribution in [3.05, 3.63) is 54.7 Å². The number of para-hydroxylation sites is 1. The molecule has 0 aliphatic carbocycles. The zero-order chi connectivity index (χ0) is 11.9. The zero-order valence-corrected chi connectivity index (χ0v) is 9.55. The third-order valence-electron chi connectivity index (χ3n) is 3.20. The molecular formula is C15H10N2O. The van der Waals surface area contributed by atoms with Gasteiger partial charge in [-0.25, -0.2) is 0 Å². The highest BCUT2D eigenvalue weighted by Gasteiger charge is 2.05. The maximum Gasteiger partial charge on any atom is 0.167 e. The van der Waals surface area contributed by atoms with Crippen molar-refractivity contribution in [2.45, 2.75) is 0 Å². The maximum atomic E-state index is 5.19. The summed E-state index contributed by atoms with van der Waals surface area (Å²) >= 11 is 0. The summed E-state index contributed by atoms with van der Waals surface area (Å²) in [6.07, 6.45) is 1.73. The first-order chi connectivity index (χ1) is 8.90. The molecular weight excluding hydrogens is 224 g/mol. The predicted octanol–water partition coefficient (Wildman–Crippen LogP) is 3.98. The average molecular weight is 234 g/mol. The molecule has 0 aliphatic rings. The molecule has 18 heavy (non-hydrogen) atoms. The fraction of sp³-hybridized carbons (Fsp3) is 0. The van der Waals surface area contributed by atoms with Gasteiger partial charge in [0.2, 0.25) is 0 Å². The number of H-pyrrole nitrogens is 1. The Kier molecular flexibility index (Phi) is 1.83. The Morgan fingerprint density at radius 3 is 2.83 bits per heavy atom. The predicted molar refractivity (Wildman–Crippen MR) is 71.3 cm³/mol. The van der Waals surface area contributed by atoms with E-state index in [1.54, 1.807) is 6.20 Å². The topological polar surface area (TPSA) is 41.8 Å². The molecule has 0 saturated carbocycles. The standard InChI is InChI=1S/C15H10N2O/c1-2-4-13-10(3-1)7-14(17-13)11-5-6-12-9-16-18-15(12)8-11/h1-9,17H. The summed E-state index contributed by atoms with van der Waals surface area (Å²) in [6, 6.07) is 16.5. The molecule has 0 fully saturated rings. The molecule has 4 rings (SSSR count). The summed E-state index contributed by atoms with van der Waals surface area (Å²) in [7, 11) is 0. The van der Waals surface area contributed by atoms with Crippen LogP contribution >= 0.6 is 0 Å². The first-order valence-corrected chi connectivity index (χ1v) is 5.83. The summed E-state index contributed by atoms with van der Waals surface area (Å²) in [6.45, 7) is 0. The fourth-order valence-electron chi connectivity index (χ4n) is 2.26. The second-order valence-corrected chi connectivity index (χ2v) is 4.35. The minimum absolute atomic E-state index is 0.811. The van der Waals surface area contributed by atoms with Gasteiger partial charge in [-0.05, 0) is 24.3 Å². The van der Waals surface area contributed by atoms with Crippen LogP contribution < -0.4 is 0 Å². The van der Waals surface area contributed by atoms with E-state index < -0.39 is 0 Å². The van der Waals surface area contributed by atoms with Gasteiger partial charge in [0.05, 0.1) is 6.20 Å². The van der Waals surface area contributed by atoms with Crippen molar-refractivity contribution in [1.29, 1.82) is 0 Å². The minimum atomic E-state index is 0.811. The van der Waals surface area contributed by atoms with Gasteiger partial charge in [-0.3, -0.25) is 0 Å². The first-order valence-electron chi connectivity index (χ1n) is 5.83. The van der Waals surface area contributed by atoms with E-state index in [-0.39, 0.29) is 0 Å². The van der Waals surface area contributed by atoms with E-state index in [1.807, 2.05) is 24.3 Å². The largest absolute Gasteiger partial charge is 0.356 e. The fourth-order valence-corrected chi connectivity index (χ4v) is 2.26. The second kappa shape index (κ2) is 3.47. The van der Waals surface area contributed by atoms with Crippen LogP contribution in [0.3, 0.4) is 0 Å². The molecule has 4 aromatic rings. The number of nitrogens with zero attached hydrogens (tertiary/aromatic N) is 1. The summed E-state index contributed by atoms with van der Waals surface area (Å²) in [5, 5.41) is 6.03. The van der Waals surface area contributed by atoms with Gasteiger partial charge in [0.15, 0.2) is 5.58 Å². The second-order valence-electron chi connectivity index (χ2n) is 4.35. The molecule has 86 valence electrons. The van der Waals surface area contributed by atoms with Crippen molar-refractivity contribution in [2.24, 2.45) is 0 Å². The van der Waals surface area contributed by atoms with Gasteiger partial charge in [0.1, 0.15) is 0 Å². The Morgan fingerprint density at radius 2 is 1.89 bits per heavy atom. The maximum absolute atomic E-state index is 5.19. The summed E-state index contributed by atoms with van der Waals surface area (Å²) in [5.41, 5.74) is 4.15. The van der Waals surface area contributed by atoms with Crippen LogP contribution in [0.1, 0.15) is 0 Å². The Balaban J connectivity index is 1.94. The van der Waals surface area contributed by atoms with E-state index in [2.05, 4.69) is 34.4 Å². The third-order valence-corrected chi connectivity index (χ3v) is 3.20. The van der Waals surface area contributed by atoms with Crippen LogP contribution in [-0.4, -0.2) is 10.1 Å². The molecule has 2 heterocycles. The highest BCUT2D eigenvalue weighted by molar-refractivity contribution is 5.88. The number of aromatic nitrogens is 2. The summed E-state index contributed by atoms with van der Waals surface area (Å²) in [5.74, 6) is 0. The van der Waals surface area contributed by atoms with E-state index >= 15 is 0 Å². The van der Waals surface area contributed by atoms with Crippen molar-refractivity contribution in [3.8, 4) is 11.3 Å². The Hall–Kier alpha value is -2.55. The van der Waals surface area contributed by atoms with Crippen molar-refractivity contribution >= 4 is 21.9 Å². The Morgan fingerprint density at radius 1 is 0.944 bits per heavy atom. The zero-order valence-electron chi connectivity index (χ0n) is 9.55. The van der Waals surface area contributed by atoms with Crippen LogP contribution in [0.5, 0.6) is 0 Å². The van der Waals surface area contributed by atoms with E-state index in [4.69, 9.17) is 4.52 Å². The molecule has 3 heteroatoms. The monoisotopic (exact) mass is 234 g/mol. The van der Waals surface area contributed by atoms with Crippen LogP contribution in [0.4, 0.5) is 0 Å². The number of hydrogen-bond acceptors (Lipinski definition) is 2. The van der Waals surface area contributed by atoms with E-state index in [9.17, 15) is 0 Å². The van der Waals surface area contributed by atoms with Gasteiger partial charge in [-0.2, -0.15) is 0 Å². The van der Waals surface area contributed by atoms with Gasteiger partial charge in [-0.1, -0.05) is 29.4 Å². The molecule has 2 aromatic carbocycles. The van der Waals surface area contributed by atoms with Crippen molar-refractivity contribution in [1.82, 2.24) is 10.1 Å². The number of nitrogens with one attached hydrogen (secondary N) is 1. The Labute approximate surface area is 103 Å². The summed E-state index contributed by atoms with van der Waals surface area (Å²) in [4.78, 5) is 3.41. The normalized spacial score (nSPS) is 11.3. The lowest BCUT2D eigenvalue weighted by Gasteiger charge is -1.96. The molecule has 0 aliphatic heterocycles. The van der Waals surface area contributed by atoms with Crippen molar-refractivity contribution in [3.63, 3.8) is 0 Å². The molecule has 0 amide bonds.